The van der Waals surface area contributed by atoms with Gasteiger partial charge in [0.2, 0.25) is 11.7 Å². The second kappa shape index (κ2) is 8.75. The number of Topliss-reactive ketones (excluding diaryl/α,β-unsaturated/α-hetero) is 2. The van der Waals surface area contributed by atoms with E-state index in [9.17, 15) is 39.2 Å². The van der Waals surface area contributed by atoms with Crippen LogP contribution in [0.1, 0.15) is 42.0 Å². The lowest BCUT2D eigenvalue weighted by atomic mass is 9.56. The summed E-state index contributed by atoms with van der Waals surface area (Å²) in [5.41, 5.74) is 4.46. The minimum Gasteiger partial charge on any atom is -0.507 e. The summed E-state index contributed by atoms with van der Waals surface area (Å²) in [5.74, 6) is -7.32. The molecule has 10 heteroatoms. The number of aryl methyl sites for hydroxylation is 1. The Labute approximate surface area is 195 Å². The largest absolute Gasteiger partial charge is 0.507 e. The number of nitrogens with one attached hydrogen (secondary N) is 1. The highest BCUT2D eigenvalue weighted by molar-refractivity contribution is 6.24. The number of benzene rings is 1. The van der Waals surface area contributed by atoms with Gasteiger partial charge < -0.3 is 31.5 Å². The minimum absolute atomic E-state index is 0.0628. The summed E-state index contributed by atoms with van der Waals surface area (Å²) in [6, 6.07) is 1.78. The summed E-state index contributed by atoms with van der Waals surface area (Å²) >= 11 is 0. The number of aliphatic hydroxyl groups is 3. The number of hydrogen-bond donors (Lipinski definition) is 6. The molecule has 7 N–H and O–H groups in total. The molecule has 2 unspecified atom stereocenters. The number of primary amides is 1. The molecule has 34 heavy (non-hydrogen) atoms. The van der Waals surface area contributed by atoms with Crippen LogP contribution < -0.4 is 11.1 Å². The van der Waals surface area contributed by atoms with E-state index in [1.165, 1.54) is 0 Å². The second-order valence-electron chi connectivity index (χ2n) is 9.36. The Balaban J connectivity index is 1.84. The Bertz CT molecular complexity index is 1100. The average molecular weight is 477 g/mol. The number of ketones is 2. The van der Waals surface area contributed by atoms with Crippen molar-refractivity contribution >= 4 is 23.2 Å². The van der Waals surface area contributed by atoms with Crippen LogP contribution in [0.5, 0.6) is 5.75 Å². The normalized spacial score (nSPS) is 30.6. The molecule has 2 fully saturated rings. The lowest BCUT2D eigenvalue weighted by Crippen LogP contribution is -2.66. The summed E-state index contributed by atoms with van der Waals surface area (Å²) in [4.78, 5) is 38.3. The van der Waals surface area contributed by atoms with Crippen LogP contribution in [-0.4, -0.2) is 62.8 Å². The van der Waals surface area contributed by atoms with Crippen molar-refractivity contribution in [3.05, 3.63) is 33.9 Å². The lowest BCUT2D eigenvalue weighted by Gasteiger charge is -2.48. The topological polar surface area (TPSA) is 170 Å². The van der Waals surface area contributed by atoms with Gasteiger partial charge in [0.15, 0.2) is 11.4 Å². The van der Waals surface area contributed by atoms with Gasteiger partial charge in [-0.15, -0.1) is 0 Å². The number of rotatable bonds is 6. The number of phenols is 1. The molecule has 1 amide bonds. The number of hydrogen-bond acceptors (Lipinski definition) is 8. The van der Waals surface area contributed by atoms with E-state index < -0.39 is 59.4 Å². The van der Waals surface area contributed by atoms with Crippen molar-refractivity contribution in [3.63, 3.8) is 0 Å². The molecule has 0 saturated heterocycles. The smallest absolute Gasteiger partial charge is 0.230 e. The van der Waals surface area contributed by atoms with Crippen LogP contribution in [0.25, 0.3) is 5.76 Å². The maximum Gasteiger partial charge on any atom is 0.230 e. The number of halogens is 1. The molecule has 4 rings (SSSR count). The highest BCUT2D eigenvalue weighted by Gasteiger charge is 2.63. The number of aromatic hydroxyl groups is 1. The van der Waals surface area contributed by atoms with Gasteiger partial charge in [-0.3, -0.25) is 14.4 Å². The van der Waals surface area contributed by atoms with Gasteiger partial charge in [-0.25, -0.2) is 4.39 Å². The molecule has 0 spiro atoms. The van der Waals surface area contributed by atoms with Crippen LogP contribution >= 0.6 is 0 Å². The Morgan fingerprint density at radius 1 is 1.26 bits per heavy atom. The lowest BCUT2D eigenvalue weighted by molar-refractivity contribution is -0.174. The zero-order chi connectivity index (χ0) is 24.9. The molecule has 1 aromatic carbocycles. The van der Waals surface area contributed by atoms with Gasteiger partial charge in [0.25, 0.3) is 0 Å². The van der Waals surface area contributed by atoms with Crippen molar-refractivity contribution in [2.24, 2.45) is 23.5 Å². The predicted molar refractivity (Wildman–Crippen MR) is 118 cm³/mol. The fourth-order valence-electron chi connectivity index (χ4n) is 5.87. The third kappa shape index (κ3) is 3.43. The molecule has 3 aliphatic carbocycles. The van der Waals surface area contributed by atoms with Gasteiger partial charge in [-0.1, -0.05) is 13.0 Å². The monoisotopic (exact) mass is 476 g/mol. The molecule has 2 saturated carbocycles. The summed E-state index contributed by atoms with van der Waals surface area (Å²) < 4.78 is 12.5. The number of fused-ring (bicyclic) bond motifs is 3. The van der Waals surface area contributed by atoms with Gasteiger partial charge >= 0.3 is 0 Å². The summed E-state index contributed by atoms with van der Waals surface area (Å²) in [7, 11) is 0. The van der Waals surface area contributed by atoms with Crippen molar-refractivity contribution in [1.29, 1.82) is 0 Å². The van der Waals surface area contributed by atoms with E-state index >= 15 is 0 Å². The van der Waals surface area contributed by atoms with E-state index in [1.54, 1.807) is 6.07 Å². The number of aliphatic hydroxyl groups excluding tert-OH is 2. The summed E-state index contributed by atoms with van der Waals surface area (Å²) in [6.07, 6.45) is -0.589. The Hall–Kier alpha value is -2.82. The Morgan fingerprint density at radius 3 is 2.59 bits per heavy atom. The first-order valence-corrected chi connectivity index (χ1v) is 11.4. The number of amides is 1. The number of phenolic OH excluding ortho intramolecular Hbond substituents is 1. The van der Waals surface area contributed by atoms with Crippen molar-refractivity contribution in [2.75, 3.05) is 13.2 Å². The first-order chi connectivity index (χ1) is 16.1. The van der Waals surface area contributed by atoms with E-state index in [4.69, 9.17) is 5.73 Å². The molecule has 0 heterocycles. The van der Waals surface area contributed by atoms with Gasteiger partial charge in [-0.2, -0.15) is 0 Å². The number of alkyl halides is 1. The van der Waals surface area contributed by atoms with E-state index in [0.717, 1.165) is 5.56 Å². The third-order valence-corrected chi connectivity index (χ3v) is 7.52. The summed E-state index contributed by atoms with van der Waals surface area (Å²) in [5, 5.41) is 46.6. The minimum atomic E-state index is -2.60. The van der Waals surface area contributed by atoms with Gasteiger partial charge in [0.1, 0.15) is 24.1 Å². The molecule has 0 aliphatic heterocycles. The third-order valence-electron chi connectivity index (χ3n) is 7.52. The maximum absolute atomic E-state index is 13.5. The summed E-state index contributed by atoms with van der Waals surface area (Å²) in [6.45, 7) is 1.53. The van der Waals surface area contributed by atoms with Crippen LogP contribution in [0.3, 0.4) is 0 Å². The SMILES string of the molecule is CCc1cc(CNCCF)c(O)c2c1C[C@H]1C[C@H]3CC(O)C(C(N)=O)C(=O)[C@@]3(O)C(=O)C1=C2O. The Kier molecular flexibility index (Phi) is 6.26. The number of carbonyl (C=O) groups is 3. The van der Waals surface area contributed by atoms with Crippen molar-refractivity contribution in [1.82, 2.24) is 5.32 Å². The molecular formula is C24H29FN2O7. The average Bonchev–Trinajstić information content (AvgIpc) is 2.77. The van der Waals surface area contributed by atoms with Crippen LogP contribution in [0.4, 0.5) is 4.39 Å². The molecule has 9 nitrogen and oxygen atoms in total. The highest BCUT2D eigenvalue weighted by Crippen LogP contribution is 2.52. The van der Waals surface area contributed by atoms with Crippen LogP contribution in [0.2, 0.25) is 0 Å². The fraction of sp³-hybridized carbons (Fsp3) is 0.542. The molecule has 1 aromatic rings. The maximum atomic E-state index is 13.5. The van der Waals surface area contributed by atoms with E-state index in [2.05, 4.69) is 5.32 Å². The standard InChI is InChI=1S/C24H29FN2O7/c1-2-10-5-12(9-27-4-3-25)19(29)17-14(10)7-11-6-13-8-15(28)18(23(26)33)22(32)24(13,34)21(31)16(11)20(17)30/h5,11,13,15,18,27-30,34H,2-4,6-9H2,1H3,(H2,26,33)/t11-,13+,15?,18?,24+/m1/s1. The van der Waals surface area contributed by atoms with Gasteiger partial charge in [0, 0.05) is 30.1 Å². The fourth-order valence-corrected chi connectivity index (χ4v) is 5.87. The molecule has 0 bridgehead atoms. The predicted octanol–water partition coefficient (Wildman–Crippen LogP) is 0.210. The molecule has 184 valence electrons. The molecule has 5 atom stereocenters. The quantitative estimate of drug-likeness (QED) is 0.250. The molecule has 0 aromatic heterocycles. The Morgan fingerprint density at radius 2 is 1.97 bits per heavy atom. The van der Waals surface area contributed by atoms with Gasteiger partial charge in [-0.05, 0) is 42.7 Å². The number of carbonyl (C=O) groups excluding carboxylic acids is 3. The number of nitrogens with two attached hydrogens (primary N) is 1. The van der Waals surface area contributed by atoms with Crippen molar-refractivity contribution in [3.8, 4) is 5.75 Å². The van der Waals surface area contributed by atoms with Crippen LogP contribution in [-0.2, 0) is 33.8 Å². The molecule has 0 radical (unpaired) electrons. The molecular weight excluding hydrogens is 447 g/mol. The van der Waals surface area contributed by atoms with Crippen molar-refractivity contribution in [2.45, 2.75) is 50.9 Å². The first kappa shape index (κ1) is 24.3. The van der Waals surface area contributed by atoms with Crippen LogP contribution in [0, 0.1) is 17.8 Å². The highest BCUT2D eigenvalue weighted by atomic mass is 19.1. The zero-order valence-corrected chi connectivity index (χ0v) is 18.8. The van der Waals surface area contributed by atoms with Crippen molar-refractivity contribution < 1.29 is 39.2 Å². The van der Waals surface area contributed by atoms with E-state index in [1.807, 2.05) is 6.92 Å². The van der Waals surface area contributed by atoms with E-state index in [0.29, 0.717) is 17.5 Å². The second-order valence-corrected chi connectivity index (χ2v) is 9.36. The van der Waals surface area contributed by atoms with Crippen LogP contribution in [0.15, 0.2) is 11.6 Å². The van der Waals surface area contributed by atoms with Gasteiger partial charge in [0.05, 0.1) is 11.7 Å². The zero-order valence-electron chi connectivity index (χ0n) is 18.8. The first-order valence-electron chi connectivity index (χ1n) is 11.4. The molecule has 3 aliphatic rings. The van der Waals surface area contributed by atoms with E-state index in [-0.39, 0.29) is 49.2 Å².